The Balaban J connectivity index is 1.60. The zero-order valence-corrected chi connectivity index (χ0v) is 15.1. The summed E-state index contributed by atoms with van der Waals surface area (Å²) in [5, 5.41) is 19.3. The van der Waals surface area contributed by atoms with Gasteiger partial charge in [-0.25, -0.2) is 9.89 Å². The van der Waals surface area contributed by atoms with Crippen LogP contribution in [0.1, 0.15) is 22.8 Å². The second-order valence-corrected chi connectivity index (χ2v) is 7.07. The van der Waals surface area contributed by atoms with Gasteiger partial charge in [0.2, 0.25) is 0 Å². The number of carbonyl (C=O) groups excluding carboxylic acids is 2. The molecule has 7 nitrogen and oxygen atoms in total. The largest absolute Gasteiger partial charge is 0.504 e. The van der Waals surface area contributed by atoms with Crippen molar-refractivity contribution >= 4 is 40.1 Å². The normalized spacial score (nSPS) is 17.9. The maximum atomic E-state index is 12.5. The third-order valence-corrected chi connectivity index (χ3v) is 5.23. The molecule has 0 unspecified atom stereocenters. The van der Waals surface area contributed by atoms with E-state index in [0.717, 1.165) is 17.3 Å². The first-order valence-electron chi connectivity index (χ1n) is 8.23. The van der Waals surface area contributed by atoms with Crippen LogP contribution >= 0.6 is 11.8 Å². The third kappa shape index (κ3) is 2.97. The molecule has 136 valence electrons. The van der Waals surface area contributed by atoms with Crippen LogP contribution in [0.3, 0.4) is 0 Å². The van der Waals surface area contributed by atoms with Crippen molar-refractivity contribution in [2.75, 3.05) is 5.75 Å². The van der Waals surface area contributed by atoms with Gasteiger partial charge in [-0.15, -0.1) is 0 Å². The van der Waals surface area contributed by atoms with Gasteiger partial charge < -0.3 is 10.2 Å². The Morgan fingerprint density at radius 1 is 1.19 bits per heavy atom. The molecular weight excluding hydrogens is 366 g/mol. The molecule has 2 heterocycles. The van der Waals surface area contributed by atoms with Crippen molar-refractivity contribution in [3.05, 3.63) is 53.6 Å². The predicted octanol–water partition coefficient (Wildman–Crippen LogP) is 2.69. The van der Waals surface area contributed by atoms with E-state index in [1.807, 2.05) is 24.3 Å². The number of hydrogen-bond donors (Lipinski definition) is 2. The number of ketones is 1. The van der Waals surface area contributed by atoms with Gasteiger partial charge in [-0.3, -0.25) is 14.6 Å². The highest BCUT2D eigenvalue weighted by molar-refractivity contribution is 8.14. The number of phenols is 2. The van der Waals surface area contributed by atoms with E-state index in [1.54, 1.807) is 6.92 Å². The van der Waals surface area contributed by atoms with Crippen LogP contribution in [0.15, 0.2) is 52.4 Å². The van der Waals surface area contributed by atoms with Gasteiger partial charge >= 0.3 is 0 Å². The highest BCUT2D eigenvalue weighted by atomic mass is 32.2. The second-order valence-electron chi connectivity index (χ2n) is 6.13. The molecule has 4 rings (SSSR count). The Morgan fingerprint density at radius 3 is 2.74 bits per heavy atom. The first-order valence-corrected chi connectivity index (χ1v) is 9.22. The summed E-state index contributed by atoms with van der Waals surface area (Å²) in [6, 6.07) is 10.8. The number of nitrogens with zero attached hydrogens (tertiary/aromatic N) is 3. The minimum absolute atomic E-state index is 0.0245. The van der Waals surface area contributed by atoms with Gasteiger partial charge in [0.15, 0.2) is 22.4 Å². The SMILES string of the molecule is C[C@@H]1N=C2c3ccccc3N=C(SCC(=O)c3ccc(O)c(O)c3)N2C1=O. The number of rotatable bonds is 3. The molecule has 2 aliphatic rings. The number of aliphatic imine (C=N–C) groups is 2. The molecule has 0 radical (unpaired) electrons. The fraction of sp³-hybridized carbons (Fsp3) is 0.158. The second kappa shape index (κ2) is 6.55. The minimum Gasteiger partial charge on any atom is -0.504 e. The van der Waals surface area contributed by atoms with E-state index in [9.17, 15) is 19.8 Å². The standard InChI is InChI=1S/C19H15N3O4S/c1-10-18(26)22-17(20-10)12-4-2-3-5-13(12)21-19(22)27-9-16(25)11-6-7-14(23)15(24)8-11/h2-8,10,23-24H,9H2,1H3/t10-/m0/s1. The van der Waals surface area contributed by atoms with Crippen molar-refractivity contribution < 1.29 is 19.8 Å². The highest BCUT2D eigenvalue weighted by Gasteiger charge is 2.39. The molecule has 0 saturated heterocycles. The fourth-order valence-corrected chi connectivity index (χ4v) is 3.78. The van der Waals surface area contributed by atoms with E-state index in [-0.39, 0.29) is 34.5 Å². The van der Waals surface area contributed by atoms with Crippen molar-refractivity contribution in [1.29, 1.82) is 0 Å². The Morgan fingerprint density at radius 2 is 1.96 bits per heavy atom. The molecule has 0 bridgehead atoms. The zero-order chi connectivity index (χ0) is 19.1. The third-order valence-electron chi connectivity index (χ3n) is 4.29. The van der Waals surface area contributed by atoms with E-state index < -0.39 is 6.04 Å². The number of amides is 1. The van der Waals surface area contributed by atoms with Gasteiger partial charge in [0.1, 0.15) is 11.9 Å². The first kappa shape index (κ1) is 17.3. The van der Waals surface area contributed by atoms with Gasteiger partial charge in [-0.05, 0) is 37.3 Å². The molecule has 0 saturated carbocycles. The molecule has 8 heteroatoms. The van der Waals surface area contributed by atoms with Crippen LogP contribution in [0.5, 0.6) is 11.5 Å². The smallest absolute Gasteiger partial charge is 0.258 e. The summed E-state index contributed by atoms with van der Waals surface area (Å²) in [6.45, 7) is 1.73. The maximum Gasteiger partial charge on any atom is 0.258 e. The molecule has 2 aliphatic heterocycles. The number of thioether (sulfide) groups is 1. The summed E-state index contributed by atoms with van der Waals surface area (Å²) >= 11 is 1.14. The molecule has 0 spiro atoms. The summed E-state index contributed by atoms with van der Waals surface area (Å²) in [4.78, 5) is 35.4. The average Bonchev–Trinajstić information content (AvgIpc) is 2.97. The Labute approximate surface area is 159 Å². The van der Waals surface area contributed by atoms with Crippen molar-refractivity contribution in [2.24, 2.45) is 9.98 Å². The van der Waals surface area contributed by atoms with E-state index in [1.165, 1.54) is 23.1 Å². The summed E-state index contributed by atoms with van der Waals surface area (Å²) in [5.41, 5.74) is 1.76. The van der Waals surface area contributed by atoms with E-state index in [2.05, 4.69) is 9.98 Å². The first-order chi connectivity index (χ1) is 13.0. The van der Waals surface area contributed by atoms with Crippen molar-refractivity contribution in [3.63, 3.8) is 0 Å². The molecule has 0 aliphatic carbocycles. The monoisotopic (exact) mass is 381 g/mol. The molecule has 1 atom stereocenters. The quantitative estimate of drug-likeness (QED) is 0.629. The van der Waals surface area contributed by atoms with Gasteiger partial charge in [-0.2, -0.15) is 0 Å². The number of benzene rings is 2. The molecule has 2 aromatic rings. The Bertz CT molecular complexity index is 1030. The summed E-state index contributed by atoms with van der Waals surface area (Å²) in [6.07, 6.45) is 0. The molecule has 27 heavy (non-hydrogen) atoms. The molecule has 2 N–H and O–H groups in total. The van der Waals surface area contributed by atoms with Crippen LogP contribution in [0.2, 0.25) is 0 Å². The highest BCUT2D eigenvalue weighted by Crippen LogP contribution is 2.33. The van der Waals surface area contributed by atoms with Crippen LogP contribution in [-0.2, 0) is 4.79 Å². The molecular formula is C19H15N3O4S. The van der Waals surface area contributed by atoms with Crippen molar-refractivity contribution in [2.45, 2.75) is 13.0 Å². The lowest BCUT2D eigenvalue weighted by Crippen LogP contribution is -2.40. The van der Waals surface area contributed by atoms with E-state index in [0.29, 0.717) is 16.7 Å². The number of Topliss-reactive ketones (excluding diaryl/α,β-unsaturated/α-hetero) is 1. The van der Waals surface area contributed by atoms with Crippen LogP contribution in [0.25, 0.3) is 0 Å². The predicted molar refractivity (Wildman–Crippen MR) is 103 cm³/mol. The molecule has 0 fully saturated rings. The van der Waals surface area contributed by atoms with Crippen LogP contribution < -0.4 is 0 Å². The minimum atomic E-state index is -0.498. The van der Waals surface area contributed by atoms with Gasteiger partial charge in [0.25, 0.3) is 5.91 Å². The van der Waals surface area contributed by atoms with Crippen molar-refractivity contribution in [1.82, 2.24) is 4.90 Å². The summed E-state index contributed by atoms with van der Waals surface area (Å²) < 4.78 is 0. The summed E-state index contributed by atoms with van der Waals surface area (Å²) in [5.74, 6) is -0.500. The lowest BCUT2D eigenvalue weighted by atomic mass is 10.1. The van der Waals surface area contributed by atoms with E-state index >= 15 is 0 Å². The number of hydrogen-bond acceptors (Lipinski definition) is 7. The van der Waals surface area contributed by atoms with Crippen LogP contribution in [-0.4, -0.2) is 49.6 Å². The van der Waals surface area contributed by atoms with Crippen molar-refractivity contribution in [3.8, 4) is 11.5 Å². The lowest BCUT2D eigenvalue weighted by Gasteiger charge is -2.25. The number of para-hydroxylation sites is 1. The van der Waals surface area contributed by atoms with Gasteiger partial charge in [0, 0.05) is 11.1 Å². The number of phenolic OH excluding ortho intramolecular Hbond substituents is 2. The molecule has 2 aromatic carbocycles. The maximum absolute atomic E-state index is 12.5. The number of aromatic hydroxyl groups is 2. The van der Waals surface area contributed by atoms with Gasteiger partial charge in [0.05, 0.1) is 11.4 Å². The van der Waals surface area contributed by atoms with Crippen LogP contribution in [0, 0.1) is 0 Å². The fourth-order valence-electron chi connectivity index (χ4n) is 2.88. The number of amidine groups is 2. The molecule has 1 amide bonds. The Hall–Kier alpha value is -3.13. The van der Waals surface area contributed by atoms with Crippen LogP contribution in [0.4, 0.5) is 5.69 Å². The zero-order valence-electron chi connectivity index (χ0n) is 14.3. The lowest BCUT2D eigenvalue weighted by molar-refractivity contribution is -0.124. The molecule has 0 aromatic heterocycles. The van der Waals surface area contributed by atoms with E-state index in [4.69, 9.17) is 0 Å². The van der Waals surface area contributed by atoms with Gasteiger partial charge in [-0.1, -0.05) is 23.9 Å². The Kier molecular flexibility index (Phi) is 4.19. The summed E-state index contributed by atoms with van der Waals surface area (Å²) in [7, 11) is 0. The topological polar surface area (TPSA) is 103 Å². The number of carbonyl (C=O) groups is 2. The number of fused-ring (bicyclic) bond motifs is 3. The average molecular weight is 381 g/mol.